The Balaban J connectivity index is 2.08. The van der Waals surface area contributed by atoms with Crippen LogP contribution >= 0.6 is 38.9 Å². The third kappa shape index (κ3) is 3.82. The molecular formula is C18H15BrClNO3S. The van der Waals surface area contributed by atoms with Gasteiger partial charge in [-0.2, -0.15) is 0 Å². The van der Waals surface area contributed by atoms with E-state index in [1.54, 1.807) is 31.2 Å². The number of halogens is 2. The summed E-state index contributed by atoms with van der Waals surface area (Å²) in [5, 5.41) is 1.41. The number of thiophene rings is 1. The van der Waals surface area contributed by atoms with E-state index in [0.29, 0.717) is 28.7 Å². The molecule has 0 aliphatic heterocycles. The van der Waals surface area contributed by atoms with Crippen molar-refractivity contribution >= 4 is 54.9 Å². The maximum Gasteiger partial charge on any atom is 0.339 e. The summed E-state index contributed by atoms with van der Waals surface area (Å²) in [6.45, 7) is 2.36. The molecule has 0 spiro atoms. The van der Waals surface area contributed by atoms with E-state index in [2.05, 4.69) is 15.9 Å². The lowest BCUT2D eigenvalue weighted by molar-refractivity contribution is 0.0528. The summed E-state index contributed by atoms with van der Waals surface area (Å²) in [5.41, 5.74) is 6.32. The molecule has 3 aromatic rings. The van der Waals surface area contributed by atoms with Crippen molar-refractivity contribution in [2.75, 3.05) is 6.61 Å². The lowest BCUT2D eigenvalue weighted by Crippen LogP contribution is -2.08. The molecule has 0 aliphatic carbocycles. The number of fused-ring (bicyclic) bond motifs is 1. The molecule has 0 radical (unpaired) electrons. The first-order chi connectivity index (χ1) is 12.0. The van der Waals surface area contributed by atoms with E-state index in [9.17, 15) is 4.79 Å². The summed E-state index contributed by atoms with van der Waals surface area (Å²) in [5.74, 6) is 0.882. The van der Waals surface area contributed by atoms with Crippen molar-refractivity contribution < 1.29 is 14.3 Å². The van der Waals surface area contributed by atoms with Crippen molar-refractivity contribution in [3.05, 3.63) is 56.3 Å². The van der Waals surface area contributed by atoms with Crippen LogP contribution in [-0.2, 0) is 11.3 Å². The Bertz CT molecular complexity index is 924. The average molecular weight is 441 g/mol. The molecule has 0 unspecified atom stereocenters. The summed E-state index contributed by atoms with van der Waals surface area (Å²) in [4.78, 5) is 13.1. The number of benzene rings is 2. The summed E-state index contributed by atoms with van der Waals surface area (Å²) in [7, 11) is 0. The highest BCUT2D eigenvalue weighted by atomic mass is 79.9. The minimum absolute atomic E-state index is 0.276. The molecule has 2 aromatic carbocycles. The first-order valence-electron chi connectivity index (χ1n) is 7.59. The quantitative estimate of drug-likeness (QED) is 0.514. The second kappa shape index (κ2) is 7.74. The SMILES string of the molecule is CCOC(=O)c1c(CN)sc2cc(Br)c(Oc3ccc(Cl)cc3)cc12. The molecular weight excluding hydrogens is 426 g/mol. The monoisotopic (exact) mass is 439 g/mol. The zero-order valence-electron chi connectivity index (χ0n) is 13.3. The van der Waals surface area contributed by atoms with Gasteiger partial charge in [0.25, 0.3) is 0 Å². The molecule has 0 bridgehead atoms. The zero-order chi connectivity index (χ0) is 18.0. The Morgan fingerprint density at radius 3 is 2.64 bits per heavy atom. The minimum atomic E-state index is -0.367. The van der Waals surface area contributed by atoms with Gasteiger partial charge in [-0.3, -0.25) is 0 Å². The second-order valence-electron chi connectivity index (χ2n) is 5.16. The van der Waals surface area contributed by atoms with Crippen LogP contribution in [0.2, 0.25) is 5.02 Å². The lowest BCUT2D eigenvalue weighted by Gasteiger charge is -2.09. The number of rotatable bonds is 5. The molecule has 7 heteroatoms. The standard InChI is InChI=1S/C18H15BrClNO3S/c1-2-23-18(22)17-12-7-14(24-11-5-3-10(20)4-6-11)13(19)8-15(12)25-16(17)9-21/h3-8H,2,9,21H2,1H3. The fraction of sp³-hybridized carbons (Fsp3) is 0.167. The van der Waals surface area contributed by atoms with Crippen LogP contribution < -0.4 is 10.5 Å². The van der Waals surface area contributed by atoms with Crippen LogP contribution in [-0.4, -0.2) is 12.6 Å². The van der Waals surface area contributed by atoms with Crippen molar-refractivity contribution in [1.82, 2.24) is 0 Å². The van der Waals surface area contributed by atoms with Gasteiger partial charge >= 0.3 is 5.97 Å². The van der Waals surface area contributed by atoms with Crippen molar-refractivity contribution in [3.63, 3.8) is 0 Å². The van der Waals surface area contributed by atoms with Crippen LogP contribution in [0.25, 0.3) is 10.1 Å². The lowest BCUT2D eigenvalue weighted by atomic mass is 10.1. The molecule has 0 saturated carbocycles. The predicted molar refractivity (Wildman–Crippen MR) is 105 cm³/mol. The van der Waals surface area contributed by atoms with Crippen LogP contribution in [0.4, 0.5) is 0 Å². The summed E-state index contributed by atoms with van der Waals surface area (Å²) < 4.78 is 12.8. The first-order valence-corrected chi connectivity index (χ1v) is 9.57. The topological polar surface area (TPSA) is 61.5 Å². The Hall–Kier alpha value is -1.60. The molecule has 25 heavy (non-hydrogen) atoms. The number of hydrogen-bond acceptors (Lipinski definition) is 5. The van der Waals surface area contributed by atoms with Gasteiger partial charge in [-0.05, 0) is 59.3 Å². The number of esters is 1. The molecule has 130 valence electrons. The third-order valence-corrected chi connectivity index (χ3v) is 5.57. The third-order valence-electron chi connectivity index (χ3n) is 3.52. The highest BCUT2D eigenvalue weighted by molar-refractivity contribution is 9.10. The van der Waals surface area contributed by atoms with Crippen molar-refractivity contribution in [3.8, 4) is 11.5 Å². The van der Waals surface area contributed by atoms with Crippen LogP contribution in [0.1, 0.15) is 22.2 Å². The first kappa shape index (κ1) is 18.2. The van der Waals surface area contributed by atoms with E-state index < -0.39 is 0 Å². The van der Waals surface area contributed by atoms with Crippen molar-refractivity contribution in [1.29, 1.82) is 0 Å². The molecule has 0 amide bonds. The number of ether oxygens (including phenoxy) is 2. The largest absolute Gasteiger partial charge is 0.462 e. The van der Waals surface area contributed by atoms with E-state index in [0.717, 1.165) is 19.4 Å². The molecule has 1 aromatic heterocycles. The van der Waals surface area contributed by atoms with Crippen molar-refractivity contribution in [2.24, 2.45) is 5.73 Å². The van der Waals surface area contributed by atoms with E-state index in [-0.39, 0.29) is 12.5 Å². The second-order valence-corrected chi connectivity index (χ2v) is 7.59. The molecule has 0 saturated heterocycles. The van der Waals surface area contributed by atoms with E-state index >= 15 is 0 Å². The van der Waals surface area contributed by atoms with Gasteiger partial charge in [0, 0.05) is 26.5 Å². The average Bonchev–Trinajstić information content (AvgIpc) is 2.95. The Kier molecular flexibility index (Phi) is 5.64. The fourth-order valence-electron chi connectivity index (χ4n) is 2.43. The van der Waals surface area contributed by atoms with Crippen LogP contribution in [0.3, 0.4) is 0 Å². The van der Waals surface area contributed by atoms with Gasteiger partial charge in [0.05, 0.1) is 16.6 Å². The minimum Gasteiger partial charge on any atom is -0.462 e. The van der Waals surface area contributed by atoms with Gasteiger partial charge in [-0.1, -0.05) is 11.6 Å². The van der Waals surface area contributed by atoms with Gasteiger partial charge in [-0.25, -0.2) is 4.79 Å². The van der Waals surface area contributed by atoms with Gasteiger partial charge in [0.15, 0.2) is 0 Å². The predicted octanol–water partition coefficient (Wildman–Crippen LogP) is 5.74. The van der Waals surface area contributed by atoms with Gasteiger partial charge < -0.3 is 15.2 Å². The molecule has 0 fully saturated rings. The molecule has 0 aliphatic rings. The highest BCUT2D eigenvalue weighted by Crippen LogP contribution is 2.40. The molecule has 0 atom stereocenters. The normalized spacial score (nSPS) is 10.9. The summed E-state index contributed by atoms with van der Waals surface area (Å²) in [6, 6.07) is 10.8. The Morgan fingerprint density at radius 2 is 2.00 bits per heavy atom. The Labute approximate surface area is 162 Å². The maximum absolute atomic E-state index is 12.4. The summed E-state index contributed by atoms with van der Waals surface area (Å²) in [6.07, 6.45) is 0. The Morgan fingerprint density at radius 1 is 1.28 bits per heavy atom. The number of hydrogen-bond donors (Lipinski definition) is 1. The number of carbonyl (C=O) groups is 1. The molecule has 4 nitrogen and oxygen atoms in total. The number of nitrogens with two attached hydrogens (primary N) is 1. The smallest absolute Gasteiger partial charge is 0.339 e. The van der Waals surface area contributed by atoms with Gasteiger partial charge in [0.1, 0.15) is 11.5 Å². The van der Waals surface area contributed by atoms with E-state index in [1.165, 1.54) is 11.3 Å². The highest BCUT2D eigenvalue weighted by Gasteiger charge is 2.21. The van der Waals surface area contributed by atoms with Crippen LogP contribution in [0.15, 0.2) is 40.9 Å². The molecule has 3 rings (SSSR count). The maximum atomic E-state index is 12.4. The number of carbonyl (C=O) groups excluding carboxylic acids is 1. The van der Waals surface area contributed by atoms with Crippen LogP contribution in [0, 0.1) is 0 Å². The summed E-state index contributed by atoms with van der Waals surface area (Å²) >= 11 is 10.9. The van der Waals surface area contributed by atoms with E-state index in [1.807, 2.05) is 12.1 Å². The van der Waals surface area contributed by atoms with Crippen molar-refractivity contribution in [2.45, 2.75) is 13.5 Å². The van der Waals surface area contributed by atoms with Gasteiger partial charge in [-0.15, -0.1) is 11.3 Å². The van der Waals surface area contributed by atoms with Gasteiger partial charge in [0.2, 0.25) is 0 Å². The zero-order valence-corrected chi connectivity index (χ0v) is 16.5. The molecule has 2 N–H and O–H groups in total. The van der Waals surface area contributed by atoms with E-state index in [4.69, 9.17) is 26.8 Å². The van der Waals surface area contributed by atoms with Crippen LogP contribution in [0.5, 0.6) is 11.5 Å². The fourth-order valence-corrected chi connectivity index (χ4v) is 4.22. The molecule has 1 heterocycles.